The lowest BCUT2D eigenvalue weighted by atomic mass is 10.0. The molecule has 41 nitrogen and oxygen atoms in total. The van der Waals surface area contributed by atoms with Gasteiger partial charge in [-0.3, -0.25) is 82.0 Å². The summed E-state index contributed by atoms with van der Waals surface area (Å²) in [7, 11) is -4.09. The standard InChI is InChI=1S/C82H127N21O20S3/c1-3-5-7-8-9-10-11-12-13-14-15-16-20-31-69(109)102-126(122,123)36-24-32-68(108)90-43-70(110)92-62(45-104)78(118)95-58(33-34-67(83)107)74(114)97-61(39-52-42-87-49-91-52)77(117)99-63(46-105)79(119)94-56(28-6-4-2)73(113)101-65(48-125)81(121)103-44-53(106)40-66(103)80(120)98-59(37-50-25-18-17-19-26-50)75(115)93-57(30-23-35-88-82(85)86)72(112)96-60(76(116)100-64(47-124)71(84)111)38-51-41-89-55-29-22-21-27-54(51)55/h17-19,21-22,25-27,29,41-42,49,53,56-66,89,104-106,124-125H,3-16,20,23-24,28,30-40,43-48H2,1-2H3,(H2,83,107)(H2,84,111)(H,87,91)(H,90,108)(H,92,110)(H,93,115)(H,94,119)(H,95,118)(H,96,112)(H,97,114)(H,98,120)(H,99,117)(H,100,116)(H,101,113)(H,102,109)(H4,85,86,88)/t53-,56+,57+,58+,59-,60+,61+,62+,63+,64+,65+,66+/m1/s1. The minimum atomic E-state index is -4.09. The number of nitrogens with zero attached hydrogens (tertiary/aromatic N) is 2. The van der Waals surface area contributed by atoms with Gasteiger partial charge in [-0.15, -0.1) is 0 Å². The molecule has 1 aliphatic rings. The summed E-state index contributed by atoms with van der Waals surface area (Å²) in [6.07, 6.45) is 14.9. The second kappa shape index (κ2) is 56.9. The first-order chi connectivity index (χ1) is 60.2. The van der Waals surface area contributed by atoms with Crippen LogP contribution >= 0.6 is 25.3 Å². The summed E-state index contributed by atoms with van der Waals surface area (Å²) in [6.45, 7) is 0.552. The topological polar surface area (TPSA) is 657 Å². The van der Waals surface area contributed by atoms with E-state index in [1.165, 1.54) is 57.5 Å². The zero-order chi connectivity index (χ0) is 92.7. The molecule has 0 unspecified atom stereocenters. The maximum absolute atomic E-state index is 14.8. The SMILES string of the molecule is CCCCCCCCCCCCCCCC(=O)NS(=O)(=O)CCCC(=O)NCC(=O)N[C@@H](CO)C(=O)N[C@@H](CCC(N)=O)C(=O)N[C@@H](Cc1c[nH]cn1)C(=O)N[C@@H](CO)C(=O)N[C@@H](CCCC)C(=O)N[C@@H](CS)C(=O)N1C[C@H](O)C[C@H]1C(=O)N[C@H](Cc1ccccc1)C(=O)N[C@@H](CCCNC(=N)N)C(=O)N[C@@H](Cc1c[nH]c2ccccc12)C(=O)N[C@@H](CS)C(N)=O. The summed E-state index contributed by atoms with van der Waals surface area (Å²) >= 11 is 8.52. The van der Waals surface area contributed by atoms with E-state index in [0.717, 1.165) is 37.0 Å². The number of hydrogen-bond donors (Lipinski definition) is 24. The normalized spacial score (nSPS) is 15.5. The molecule has 12 atom stereocenters. The van der Waals surface area contributed by atoms with E-state index in [9.17, 15) is 95.7 Å². The van der Waals surface area contributed by atoms with Crippen LogP contribution in [0, 0.1) is 5.41 Å². The molecule has 0 aliphatic carbocycles. The molecule has 15 amide bonds. The minimum absolute atomic E-state index is 0.0171. The van der Waals surface area contributed by atoms with Gasteiger partial charge in [-0.25, -0.2) is 13.4 Å². The number of likely N-dealkylation sites (tertiary alicyclic amines) is 1. The first-order valence-electron chi connectivity index (χ1n) is 42.7. The number of β-amino-alcohol motifs (C(OH)–C–C–N with tert-alkyl or cyclic N) is 1. The predicted octanol–water partition coefficient (Wildman–Crippen LogP) is -2.40. The number of sulfonamides is 1. The molecule has 0 radical (unpaired) electrons. The molecule has 0 bridgehead atoms. The maximum atomic E-state index is 14.8. The second-order valence-electron chi connectivity index (χ2n) is 31.1. The molecular weight excluding hydrogens is 1700 g/mol. The first-order valence-corrected chi connectivity index (χ1v) is 45.6. The van der Waals surface area contributed by atoms with Gasteiger partial charge in [0.2, 0.25) is 98.6 Å². The lowest BCUT2D eigenvalue weighted by molar-refractivity contribution is -0.142. The number of para-hydroxylation sites is 1. The second-order valence-corrected chi connectivity index (χ2v) is 33.6. The monoisotopic (exact) mass is 1820 g/mol. The number of aliphatic hydroxyl groups excluding tert-OH is 3. The highest BCUT2D eigenvalue weighted by Gasteiger charge is 2.44. The average molecular weight is 1820 g/mol. The third-order valence-corrected chi connectivity index (χ3v) is 22.9. The zero-order valence-electron chi connectivity index (χ0n) is 71.3. The number of aromatic amines is 2. The lowest BCUT2D eigenvalue weighted by Gasteiger charge is -2.30. The Morgan fingerprint density at radius 1 is 0.516 bits per heavy atom. The number of guanidine groups is 1. The van der Waals surface area contributed by atoms with Gasteiger partial charge in [0.1, 0.15) is 66.5 Å². The van der Waals surface area contributed by atoms with Crippen molar-refractivity contribution in [3.63, 3.8) is 0 Å². The number of unbranched alkanes of at least 4 members (excludes halogenated alkanes) is 13. The van der Waals surface area contributed by atoms with Gasteiger partial charge >= 0.3 is 0 Å². The highest BCUT2D eigenvalue weighted by Crippen LogP contribution is 2.23. The summed E-state index contributed by atoms with van der Waals surface area (Å²) < 4.78 is 27.3. The number of H-pyrrole nitrogens is 2. The number of rotatable bonds is 62. The van der Waals surface area contributed by atoms with Crippen LogP contribution < -0.4 is 85.7 Å². The number of nitrogens with one attached hydrogen (secondary N) is 16. The van der Waals surface area contributed by atoms with Crippen molar-refractivity contribution in [2.45, 2.75) is 260 Å². The molecule has 4 aromatic rings. The van der Waals surface area contributed by atoms with E-state index in [-0.39, 0.29) is 88.2 Å². The lowest BCUT2D eigenvalue weighted by Crippen LogP contribution is -2.61. The molecule has 5 rings (SSSR count). The van der Waals surface area contributed by atoms with E-state index in [4.69, 9.17) is 22.6 Å². The predicted molar refractivity (Wildman–Crippen MR) is 473 cm³/mol. The van der Waals surface area contributed by atoms with Gasteiger partial charge in [0, 0.05) is 92.8 Å². The maximum Gasteiger partial charge on any atom is 0.246 e. The number of aromatic nitrogens is 3. The molecule has 44 heteroatoms. The molecule has 1 fully saturated rings. The fourth-order valence-corrected chi connectivity index (χ4v) is 15.5. The largest absolute Gasteiger partial charge is 0.394 e. The van der Waals surface area contributed by atoms with Gasteiger partial charge in [0.05, 0.1) is 43.6 Å². The van der Waals surface area contributed by atoms with Gasteiger partial charge < -0.3 is 111 Å². The summed E-state index contributed by atoms with van der Waals surface area (Å²) in [5, 5.41) is 70.3. The number of nitrogens with two attached hydrogens (primary N) is 3. The Kier molecular flexibility index (Phi) is 47.7. The van der Waals surface area contributed by atoms with Gasteiger partial charge in [-0.1, -0.05) is 152 Å². The van der Waals surface area contributed by atoms with Crippen LogP contribution in [0.25, 0.3) is 10.9 Å². The number of amides is 15. The molecule has 698 valence electrons. The number of thiol groups is 2. The number of hydrogen-bond acceptors (Lipinski definition) is 24. The molecule has 126 heavy (non-hydrogen) atoms. The van der Waals surface area contributed by atoms with Crippen molar-refractivity contribution in [3.8, 4) is 0 Å². The molecule has 1 aliphatic heterocycles. The first kappa shape index (κ1) is 106. The number of fused-ring (bicyclic) bond motifs is 1. The highest BCUT2D eigenvalue weighted by molar-refractivity contribution is 7.90. The third kappa shape index (κ3) is 38.5. The number of aliphatic hydroxyl groups is 3. The van der Waals surface area contributed by atoms with Crippen LogP contribution in [0.15, 0.2) is 73.3 Å². The molecule has 2 aromatic carbocycles. The summed E-state index contributed by atoms with van der Waals surface area (Å²) in [6, 6.07) is -1.88. The molecule has 1 saturated heterocycles. The smallest absolute Gasteiger partial charge is 0.246 e. The van der Waals surface area contributed by atoms with E-state index in [1.807, 2.05) is 4.72 Å². The van der Waals surface area contributed by atoms with Gasteiger partial charge in [0.25, 0.3) is 0 Å². The van der Waals surface area contributed by atoms with E-state index in [1.54, 1.807) is 67.7 Å². The number of benzene rings is 2. The van der Waals surface area contributed by atoms with Crippen LogP contribution in [0.4, 0.5) is 0 Å². The van der Waals surface area contributed by atoms with E-state index >= 15 is 0 Å². The third-order valence-electron chi connectivity index (χ3n) is 20.9. The molecule has 25 N–H and O–H groups in total. The van der Waals surface area contributed by atoms with Crippen molar-refractivity contribution >= 4 is 141 Å². The Labute approximate surface area is 743 Å². The number of imidazole rings is 1. The molecular formula is C82H127N21O20S3. The van der Waals surface area contributed by atoms with Gasteiger partial charge in [-0.05, 0) is 55.7 Å². The van der Waals surface area contributed by atoms with Crippen molar-refractivity contribution in [1.29, 1.82) is 5.41 Å². The van der Waals surface area contributed by atoms with E-state index < -0.39 is 228 Å². The van der Waals surface area contributed by atoms with Crippen molar-refractivity contribution < 1.29 is 95.7 Å². The van der Waals surface area contributed by atoms with Crippen LogP contribution in [0.5, 0.6) is 0 Å². The Balaban J connectivity index is 1.22. The molecule has 0 saturated carbocycles. The zero-order valence-corrected chi connectivity index (χ0v) is 73.9. The van der Waals surface area contributed by atoms with Crippen LogP contribution in [-0.2, 0) is 101 Å². The van der Waals surface area contributed by atoms with Crippen molar-refractivity contribution in [3.05, 3.63) is 90.1 Å². The van der Waals surface area contributed by atoms with Crippen molar-refractivity contribution in [2.24, 2.45) is 17.2 Å². The van der Waals surface area contributed by atoms with Crippen molar-refractivity contribution in [1.82, 2.24) is 88.4 Å². The summed E-state index contributed by atoms with van der Waals surface area (Å²) in [4.78, 5) is 217. The summed E-state index contributed by atoms with van der Waals surface area (Å²) in [5.41, 5.74) is 18.5. The van der Waals surface area contributed by atoms with Gasteiger partial charge in [-0.2, -0.15) is 25.3 Å². The molecule has 3 heterocycles. The summed E-state index contributed by atoms with van der Waals surface area (Å²) in [5.74, 6) is -16.1. The molecule has 0 spiro atoms. The number of carbonyl (C=O) groups excluding carboxylic acids is 15. The number of carbonyl (C=O) groups is 15. The van der Waals surface area contributed by atoms with Crippen molar-refractivity contribution in [2.75, 3.05) is 50.1 Å². The Hall–Kier alpha value is -11.0. The Bertz CT molecular complexity index is 4340. The fourth-order valence-electron chi connectivity index (χ4n) is 13.9. The quantitative estimate of drug-likeness (QED) is 0.00948. The Morgan fingerprint density at radius 3 is 1.55 bits per heavy atom. The highest BCUT2D eigenvalue weighted by atomic mass is 32.2. The molecule has 2 aromatic heterocycles. The van der Waals surface area contributed by atoms with Crippen LogP contribution in [0.3, 0.4) is 0 Å². The number of primary amides is 2. The van der Waals surface area contributed by atoms with Crippen LogP contribution in [0.1, 0.15) is 185 Å². The van der Waals surface area contributed by atoms with E-state index in [0.29, 0.717) is 34.9 Å². The fraction of sp³-hybridized carbons (Fsp3) is 0.598. The van der Waals surface area contributed by atoms with E-state index in [2.05, 4.69) is 111 Å². The average Bonchev–Trinajstić information content (AvgIpc) is 1.65. The van der Waals surface area contributed by atoms with Crippen LogP contribution in [-0.4, -0.2) is 261 Å². The Morgan fingerprint density at radius 2 is 1.00 bits per heavy atom. The van der Waals surface area contributed by atoms with Crippen LogP contribution in [0.2, 0.25) is 0 Å². The van der Waals surface area contributed by atoms with Gasteiger partial charge in [0.15, 0.2) is 5.96 Å². The minimum Gasteiger partial charge on any atom is -0.394 e.